The van der Waals surface area contributed by atoms with Crippen molar-refractivity contribution in [1.29, 1.82) is 0 Å². The molecule has 2 heterocycles. The standard InChI is InChI=1S/C13H19N3O/c1-13(6-9-15-10-13)16-12(17)3-2-11-4-7-14-8-5-11/h4-5,7-8,15H,2-3,6,9-10H2,1H3,(H,16,17). The van der Waals surface area contributed by atoms with Gasteiger partial charge in [-0.1, -0.05) is 0 Å². The summed E-state index contributed by atoms with van der Waals surface area (Å²) in [6.07, 6.45) is 5.84. The van der Waals surface area contributed by atoms with Gasteiger partial charge < -0.3 is 10.6 Å². The van der Waals surface area contributed by atoms with E-state index in [0.29, 0.717) is 6.42 Å². The molecule has 1 aliphatic rings. The van der Waals surface area contributed by atoms with Crippen LogP contribution in [0.3, 0.4) is 0 Å². The van der Waals surface area contributed by atoms with Crippen LogP contribution in [0.5, 0.6) is 0 Å². The van der Waals surface area contributed by atoms with Crippen LogP contribution in [0.1, 0.15) is 25.3 Å². The van der Waals surface area contributed by atoms with Gasteiger partial charge in [-0.3, -0.25) is 9.78 Å². The van der Waals surface area contributed by atoms with Crippen molar-refractivity contribution in [3.05, 3.63) is 30.1 Å². The Morgan fingerprint density at radius 3 is 2.94 bits per heavy atom. The van der Waals surface area contributed by atoms with E-state index in [-0.39, 0.29) is 11.4 Å². The maximum absolute atomic E-state index is 11.8. The molecule has 17 heavy (non-hydrogen) atoms. The number of hydrogen-bond acceptors (Lipinski definition) is 3. The van der Waals surface area contributed by atoms with Gasteiger partial charge in [0.15, 0.2) is 0 Å². The molecule has 0 saturated carbocycles. The van der Waals surface area contributed by atoms with Gasteiger partial charge in [0.25, 0.3) is 0 Å². The van der Waals surface area contributed by atoms with Crippen LogP contribution in [-0.2, 0) is 11.2 Å². The van der Waals surface area contributed by atoms with Crippen LogP contribution in [0.4, 0.5) is 0 Å². The normalized spacial score (nSPS) is 23.6. The Hall–Kier alpha value is -1.42. The lowest BCUT2D eigenvalue weighted by Crippen LogP contribution is -2.47. The van der Waals surface area contributed by atoms with Gasteiger partial charge in [-0.15, -0.1) is 0 Å². The van der Waals surface area contributed by atoms with Crippen molar-refractivity contribution in [3.63, 3.8) is 0 Å². The van der Waals surface area contributed by atoms with Crippen LogP contribution in [0.2, 0.25) is 0 Å². The van der Waals surface area contributed by atoms with Gasteiger partial charge in [-0.2, -0.15) is 0 Å². The third-order valence-electron chi connectivity index (χ3n) is 3.20. The molecule has 0 bridgehead atoms. The summed E-state index contributed by atoms with van der Waals surface area (Å²) >= 11 is 0. The summed E-state index contributed by atoms with van der Waals surface area (Å²) in [6.45, 7) is 3.95. The predicted octanol–water partition coefficient (Wildman–Crippen LogP) is 0.882. The van der Waals surface area contributed by atoms with E-state index in [1.807, 2.05) is 12.1 Å². The van der Waals surface area contributed by atoms with E-state index in [4.69, 9.17) is 0 Å². The number of pyridine rings is 1. The number of carbonyl (C=O) groups is 1. The lowest BCUT2D eigenvalue weighted by atomic mass is 10.0. The van der Waals surface area contributed by atoms with Gasteiger partial charge in [0.1, 0.15) is 0 Å². The molecule has 4 heteroatoms. The molecule has 1 aromatic heterocycles. The summed E-state index contributed by atoms with van der Waals surface area (Å²) in [6, 6.07) is 3.90. The van der Waals surface area contributed by atoms with Gasteiger partial charge in [0.2, 0.25) is 5.91 Å². The molecule has 1 fully saturated rings. The highest BCUT2D eigenvalue weighted by molar-refractivity contribution is 5.77. The quantitative estimate of drug-likeness (QED) is 0.812. The van der Waals surface area contributed by atoms with Crippen molar-refractivity contribution >= 4 is 5.91 Å². The number of nitrogens with one attached hydrogen (secondary N) is 2. The van der Waals surface area contributed by atoms with Crippen molar-refractivity contribution < 1.29 is 4.79 Å². The minimum absolute atomic E-state index is 0.0602. The van der Waals surface area contributed by atoms with Gasteiger partial charge >= 0.3 is 0 Å². The van der Waals surface area contributed by atoms with E-state index in [2.05, 4.69) is 22.5 Å². The highest BCUT2D eigenvalue weighted by Gasteiger charge is 2.29. The molecule has 0 radical (unpaired) electrons. The van der Waals surface area contributed by atoms with E-state index in [0.717, 1.165) is 31.5 Å². The minimum Gasteiger partial charge on any atom is -0.350 e. The number of amides is 1. The van der Waals surface area contributed by atoms with Gasteiger partial charge in [0, 0.05) is 25.4 Å². The molecule has 1 saturated heterocycles. The molecular formula is C13H19N3O. The van der Waals surface area contributed by atoms with E-state index < -0.39 is 0 Å². The number of hydrogen-bond donors (Lipinski definition) is 2. The maximum atomic E-state index is 11.8. The molecule has 1 unspecified atom stereocenters. The highest BCUT2D eigenvalue weighted by Crippen LogP contribution is 2.13. The van der Waals surface area contributed by atoms with Crippen LogP contribution in [-0.4, -0.2) is 29.5 Å². The SMILES string of the molecule is CC1(NC(=O)CCc2ccncc2)CCNC1. The zero-order chi connectivity index (χ0) is 12.1. The monoisotopic (exact) mass is 233 g/mol. The highest BCUT2D eigenvalue weighted by atomic mass is 16.1. The van der Waals surface area contributed by atoms with Crippen molar-refractivity contribution in [2.24, 2.45) is 0 Å². The largest absolute Gasteiger partial charge is 0.350 e. The lowest BCUT2D eigenvalue weighted by molar-refractivity contribution is -0.122. The molecule has 0 spiro atoms. The van der Waals surface area contributed by atoms with Gasteiger partial charge in [-0.05, 0) is 44.0 Å². The summed E-state index contributed by atoms with van der Waals surface area (Å²) in [4.78, 5) is 15.8. The fraction of sp³-hybridized carbons (Fsp3) is 0.538. The number of aromatic nitrogens is 1. The first kappa shape index (κ1) is 12.0. The minimum atomic E-state index is -0.0602. The molecule has 2 N–H and O–H groups in total. The van der Waals surface area contributed by atoms with Crippen molar-refractivity contribution in [2.75, 3.05) is 13.1 Å². The molecule has 1 aliphatic heterocycles. The van der Waals surface area contributed by atoms with Crippen LogP contribution >= 0.6 is 0 Å². The summed E-state index contributed by atoms with van der Waals surface area (Å²) in [5.74, 6) is 0.132. The maximum Gasteiger partial charge on any atom is 0.220 e. The Labute approximate surface area is 102 Å². The Morgan fingerprint density at radius 1 is 1.53 bits per heavy atom. The molecule has 2 rings (SSSR count). The Morgan fingerprint density at radius 2 is 2.29 bits per heavy atom. The van der Waals surface area contributed by atoms with Gasteiger partial charge in [-0.25, -0.2) is 0 Å². The van der Waals surface area contributed by atoms with E-state index in [1.54, 1.807) is 12.4 Å². The first-order chi connectivity index (χ1) is 8.18. The van der Waals surface area contributed by atoms with E-state index in [1.165, 1.54) is 0 Å². The Kier molecular flexibility index (Phi) is 3.74. The number of rotatable bonds is 4. The van der Waals surface area contributed by atoms with Crippen molar-refractivity contribution in [3.8, 4) is 0 Å². The molecule has 92 valence electrons. The second kappa shape index (κ2) is 5.27. The van der Waals surface area contributed by atoms with E-state index >= 15 is 0 Å². The molecule has 1 amide bonds. The lowest BCUT2D eigenvalue weighted by Gasteiger charge is -2.24. The smallest absolute Gasteiger partial charge is 0.220 e. The van der Waals surface area contributed by atoms with E-state index in [9.17, 15) is 4.79 Å². The van der Waals surface area contributed by atoms with Crippen molar-refractivity contribution in [2.45, 2.75) is 31.7 Å². The first-order valence-electron chi connectivity index (χ1n) is 6.09. The Bertz CT molecular complexity index is 372. The first-order valence-corrected chi connectivity index (χ1v) is 6.09. The van der Waals surface area contributed by atoms with Crippen molar-refractivity contribution in [1.82, 2.24) is 15.6 Å². The second-order valence-corrected chi connectivity index (χ2v) is 4.89. The average Bonchev–Trinajstić information content (AvgIpc) is 2.74. The Balaban J connectivity index is 1.78. The summed E-state index contributed by atoms with van der Waals surface area (Å²) < 4.78 is 0. The fourth-order valence-electron chi connectivity index (χ4n) is 2.13. The van der Waals surface area contributed by atoms with Crippen LogP contribution < -0.4 is 10.6 Å². The average molecular weight is 233 g/mol. The number of nitrogens with zero attached hydrogens (tertiary/aromatic N) is 1. The third kappa shape index (κ3) is 3.53. The number of carbonyl (C=O) groups excluding carboxylic acids is 1. The second-order valence-electron chi connectivity index (χ2n) is 4.89. The topological polar surface area (TPSA) is 54.0 Å². The van der Waals surface area contributed by atoms with Crippen LogP contribution in [0, 0.1) is 0 Å². The molecule has 1 aromatic rings. The molecule has 0 aromatic carbocycles. The third-order valence-corrected chi connectivity index (χ3v) is 3.20. The molecule has 1 atom stereocenters. The fourth-order valence-corrected chi connectivity index (χ4v) is 2.13. The zero-order valence-corrected chi connectivity index (χ0v) is 10.2. The summed E-state index contributed by atoms with van der Waals surface area (Å²) in [5.41, 5.74) is 1.10. The predicted molar refractivity (Wildman–Crippen MR) is 66.6 cm³/mol. The molecular weight excluding hydrogens is 214 g/mol. The van der Waals surface area contributed by atoms with Crippen LogP contribution in [0.15, 0.2) is 24.5 Å². The number of aryl methyl sites for hydroxylation is 1. The summed E-state index contributed by atoms with van der Waals surface area (Å²) in [5, 5.41) is 6.38. The summed E-state index contributed by atoms with van der Waals surface area (Å²) in [7, 11) is 0. The zero-order valence-electron chi connectivity index (χ0n) is 10.2. The van der Waals surface area contributed by atoms with Crippen LogP contribution in [0.25, 0.3) is 0 Å². The molecule has 0 aliphatic carbocycles. The van der Waals surface area contributed by atoms with Gasteiger partial charge in [0.05, 0.1) is 5.54 Å². The molecule has 4 nitrogen and oxygen atoms in total.